The van der Waals surface area contributed by atoms with E-state index in [4.69, 9.17) is 4.74 Å². The van der Waals surface area contributed by atoms with E-state index in [9.17, 15) is 37.7 Å². The molecule has 2 amide bonds. The highest BCUT2D eigenvalue weighted by Gasteiger charge is 2.35. The number of anilines is 1. The topological polar surface area (TPSA) is 137 Å². The van der Waals surface area contributed by atoms with Gasteiger partial charge in [0.2, 0.25) is 0 Å². The number of hydrogen-bond acceptors (Lipinski definition) is 7. The van der Waals surface area contributed by atoms with E-state index in [1.807, 2.05) is 0 Å². The van der Waals surface area contributed by atoms with E-state index < -0.39 is 34.6 Å². The largest absolute Gasteiger partial charge is 0.448 e. The molecular formula is C23H18F3N5O6. The molecule has 0 spiro atoms. The SMILES string of the molecule is CCOC(=O)n1nc(NC(=O)c2ccc([N+](=O)[O-])cc2)c2c1CN(C(=O)c1ccc(C(F)(F)F)cc1)C2. The molecule has 14 heteroatoms. The van der Waals surface area contributed by atoms with Gasteiger partial charge in [-0.25, -0.2) is 4.79 Å². The summed E-state index contributed by atoms with van der Waals surface area (Å²) in [6.45, 7) is 1.41. The summed E-state index contributed by atoms with van der Waals surface area (Å²) in [7, 11) is 0. The van der Waals surface area contributed by atoms with Crippen LogP contribution in [0.15, 0.2) is 48.5 Å². The molecule has 0 unspecified atom stereocenters. The zero-order valence-electron chi connectivity index (χ0n) is 19.1. The molecule has 2 heterocycles. The van der Waals surface area contributed by atoms with Crippen molar-refractivity contribution in [2.24, 2.45) is 0 Å². The minimum atomic E-state index is -4.55. The maximum absolute atomic E-state index is 13.0. The van der Waals surface area contributed by atoms with E-state index in [2.05, 4.69) is 10.4 Å². The van der Waals surface area contributed by atoms with Gasteiger partial charge in [-0.05, 0) is 43.3 Å². The van der Waals surface area contributed by atoms with Gasteiger partial charge >= 0.3 is 12.3 Å². The molecule has 0 aliphatic carbocycles. The summed E-state index contributed by atoms with van der Waals surface area (Å²) in [5, 5.41) is 17.5. The van der Waals surface area contributed by atoms with E-state index in [0.717, 1.165) is 41.1 Å². The lowest BCUT2D eigenvalue weighted by atomic mass is 10.1. The van der Waals surface area contributed by atoms with Gasteiger partial charge in [-0.3, -0.25) is 19.7 Å². The average Bonchev–Trinajstić information content (AvgIpc) is 3.44. The summed E-state index contributed by atoms with van der Waals surface area (Å²) >= 11 is 0. The zero-order valence-corrected chi connectivity index (χ0v) is 19.1. The van der Waals surface area contributed by atoms with Crippen LogP contribution >= 0.6 is 0 Å². The number of ether oxygens (including phenoxy) is 1. The number of carbonyl (C=O) groups is 3. The Labute approximate surface area is 206 Å². The molecule has 1 aliphatic heterocycles. The fraction of sp³-hybridized carbons (Fsp3) is 0.217. The molecule has 4 rings (SSSR count). The number of fused-ring (bicyclic) bond motifs is 1. The predicted octanol–water partition coefficient (Wildman–Crippen LogP) is 4.22. The number of halogens is 3. The molecule has 2 aromatic carbocycles. The fourth-order valence-electron chi connectivity index (χ4n) is 3.72. The lowest BCUT2D eigenvalue weighted by Crippen LogP contribution is -2.28. The summed E-state index contributed by atoms with van der Waals surface area (Å²) in [6.07, 6.45) is -5.40. The number of amides is 2. The first-order valence-electron chi connectivity index (χ1n) is 10.8. The van der Waals surface area contributed by atoms with Gasteiger partial charge in [0.25, 0.3) is 17.5 Å². The molecule has 0 saturated heterocycles. The first-order chi connectivity index (χ1) is 17.5. The van der Waals surface area contributed by atoms with E-state index >= 15 is 0 Å². The number of nitro groups is 1. The first kappa shape index (κ1) is 25.3. The third-order valence-corrected chi connectivity index (χ3v) is 5.54. The van der Waals surface area contributed by atoms with Crippen LogP contribution in [0, 0.1) is 10.1 Å². The molecule has 0 bridgehead atoms. The Morgan fingerprint density at radius 1 is 1.05 bits per heavy atom. The summed E-state index contributed by atoms with van der Waals surface area (Å²) < 4.78 is 44.5. The van der Waals surface area contributed by atoms with Crippen LogP contribution in [-0.4, -0.2) is 44.1 Å². The molecule has 1 aromatic heterocycles. The first-order valence-corrected chi connectivity index (χ1v) is 10.8. The molecule has 192 valence electrons. The highest BCUT2D eigenvalue weighted by Crippen LogP contribution is 2.32. The van der Waals surface area contributed by atoms with Gasteiger partial charge in [-0.15, -0.1) is 5.10 Å². The molecule has 0 fully saturated rings. The van der Waals surface area contributed by atoms with Crippen LogP contribution in [-0.2, 0) is 24.0 Å². The van der Waals surface area contributed by atoms with Crippen molar-refractivity contribution in [3.05, 3.63) is 86.6 Å². The second-order valence-electron chi connectivity index (χ2n) is 7.88. The third kappa shape index (κ3) is 5.12. The number of nitrogens with zero attached hydrogens (tertiary/aromatic N) is 4. The highest BCUT2D eigenvalue weighted by molar-refractivity contribution is 6.04. The number of nitro benzene ring substituents is 1. The van der Waals surface area contributed by atoms with Gasteiger partial charge < -0.3 is 15.0 Å². The number of alkyl halides is 3. The molecule has 0 saturated carbocycles. The minimum absolute atomic E-state index is 0.00487. The molecule has 1 aliphatic rings. The van der Waals surface area contributed by atoms with Crippen molar-refractivity contribution in [1.82, 2.24) is 14.7 Å². The van der Waals surface area contributed by atoms with Gasteiger partial charge in [0.15, 0.2) is 5.82 Å². The fourth-order valence-corrected chi connectivity index (χ4v) is 3.72. The van der Waals surface area contributed by atoms with Crippen molar-refractivity contribution in [1.29, 1.82) is 0 Å². The second-order valence-corrected chi connectivity index (χ2v) is 7.88. The Kier molecular flexibility index (Phi) is 6.66. The molecule has 0 atom stereocenters. The number of non-ortho nitro benzene ring substituents is 1. The standard InChI is InChI=1S/C23H18F3N5O6/c1-2-37-22(34)30-18-12-29(21(33)14-3-7-15(8-4-14)23(24,25)26)11-17(18)19(28-30)27-20(32)13-5-9-16(10-6-13)31(35)36/h3-10H,2,11-12H2,1H3,(H,27,28,32). The summed E-state index contributed by atoms with van der Waals surface area (Å²) in [5.74, 6) is -1.29. The lowest BCUT2D eigenvalue weighted by molar-refractivity contribution is -0.384. The van der Waals surface area contributed by atoms with Crippen molar-refractivity contribution >= 4 is 29.4 Å². The molecule has 1 N–H and O–H groups in total. The predicted molar refractivity (Wildman–Crippen MR) is 121 cm³/mol. The number of nitrogens with one attached hydrogen (secondary N) is 1. The van der Waals surface area contributed by atoms with Gasteiger partial charge in [0, 0.05) is 28.8 Å². The van der Waals surface area contributed by atoms with Crippen LogP contribution in [0.3, 0.4) is 0 Å². The van der Waals surface area contributed by atoms with Crippen LogP contribution in [0.4, 0.5) is 29.5 Å². The molecule has 3 aromatic rings. The Morgan fingerprint density at radius 2 is 1.68 bits per heavy atom. The number of carbonyl (C=O) groups excluding carboxylic acids is 3. The number of benzene rings is 2. The van der Waals surface area contributed by atoms with Gasteiger partial charge in [0.1, 0.15) is 0 Å². The van der Waals surface area contributed by atoms with Crippen LogP contribution in [0.2, 0.25) is 0 Å². The van der Waals surface area contributed by atoms with Crippen molar-refractivity contribution in [3.8, 4) is 0 Å². The van der Waals surface area contributed by atoms with E-state index in [0.29, 0.717) is 5.56 Å². The summed E-state index contributed by atoms with van der Waals surface area (Å²) in [6, 6.07) is 8.51. The summed E-state index contributed by atoms with van der Waals surface area (Å²) in [5.41, 5.74) is -0.420. The van der Waals surface area contributed by atoms with Gasteiger partial charge in [-0.2, -0.15) is 17.9 Å². The van der Waals surface area contributed by atoms with E-state index in [1.54, 1.807) is 6.92 Å². The Hall–Kier alpha value is -4.75. The quantitative estimate of drug-likeness (QED) is 0.395. The van der Waals surface area contributed by atoms with Crippen LogP contribution in [0.25, 0.3) is 0 Å². The maximum Gasteiger partial charge on any atom is 0.435 e. The van der Waals surface area contributed by atoms with Gasteiger partial charge in [-0.1, -0.05) is 0 Å². The van der Waals surface area contributed by atoms with Crippen LogP contribution in [0.1, 0.15) is 44.5 Å². The van der Waals surface area contributed by atoms with E-state index in [1.165, 1.54) is 17.0 Å². The zero-order chi connectivity index (χ0) is 26.9. The highest BCUT2D eigenvalue weighted by atomic mass is 19.4. The van der Waals surface area contributed by atoms with Crippen LogP contribution < -0.4 is 5.32 Å². The van der Waals surface area contributed by atoms with Crippen molar-refractivity contribution in [3.63, 3.8) is 0 Å². The molecule has 37 heavy (non-hydrogen) atoms. The normalized spacial score (nSPS) is 12.7. The number of rotatable bonds is 5. The third-order valence-electron chi connectivity index (χ3n) is 5.54. The monoisotopic (exact) mass is 517 g/mol. The lowest BCUT2D eigenvalue weighted by Gasteiger charge is -2.17. The Balaban J connectivity index is 1.59. The molecular weight excluding hydrogens is 499 g/mol. The smallest absolute Gasteiger partial charge is 0.435 e. The van der Waals surface area contributed by atoms with Crippen molar-refractivity contribution in [2.45, 2.75) is 26.2 Å². The Bertz CT molecular complexity index is 1380. The number of hydrogen-bond donors (Lipinski definition) is 1. The minimum Gasteiger partial charge on any atom is -0.448 e. The van der Waals surface area contributed by atoms with E-state index in [-0.39, 0.29) is 48.0 Å². The molecule has 0 radical (unpaired) electrons. The van der Waals surface area contributed by atoms with Crippen molar-refractivity contribution in [2.75, 3.05) is 11.9 Å². The van der Waals surface area contributed by atoms with Gasteiger partial charge in [0.05, 0.1) is 35.9 Å². The Morgan fingerprint density at radius 3 is 2.24 bits per heavy atom. The summed E-state index contributed by atoms with van der Waals surface area (Å²) in [4.78, 5) is 49.7. The average molecular weight is 517 g/mol. The number of aromatic nitrogens is 2. The van der Waals surface area contributed by atoms with Crippen LogP contribution in [0.5, 0.6) is 0 Å². The molecule has 11 nitrogen and oxygen atoms in total. The maximum atomic E-state index is 13.0. The van der Waals surface area contributed by atoms with Crippen molar-refractivity contribution < 1.29 is 37.2 Å². The second kappa shape index (κ2) is 9.72.